The highest BCUT2D eigenvalue weighted by Gasteiger charge is 2.41. The van der Waals surface area contributed by atoms with Crippen molar-refractivity contribution in [1.29, 1.82) is 0 Å². The Morgan fingerprint density at radius 3 is 2.64 bits per heavy atom. The molecule has 0 aromatic heterocycles. The number of nitrogens with one attached hydrogen (secondary N) is 2. The molecule has 1 aliphatic heterocycles. The summed E-state index contributed by atoms with van der Waals surface area (Å²) in [7, 11) is 0. The van der Waals surface area contributed by atoms with Gasteiger partial charge < -0.3 is 15.7 Å². The van der Waals surface area contributed by atoms with E-state index in [0.717, 1.165) is 31.5 Å². The zero-order valence-electron chi connectivity index (χ0n) is 8.55. The molecule has 3 N–H and O–H groups in total. The van der Waals surface area contributed by atoms with Crippen LogP contribution in [0.4, 0.5) is 0 Å². The van der Waals surface area contributed by atoms with Crippen molar-refractivity contribution in [2.45, 2.75) is 25.3 Å². The van der Waals surface area contributed by atoms with Crippen molar-refractivity contribution in [3.8, 4) is 0 Å². The van der Waals surface area contributed by atoms with Crippen LogP contribution < -0.4 is 10.6 Å². The zero-order chi connectivity index (χ0) is 10.2. The molecule has 2 unspecified atom stereocenters. The van der Waals surface area contributed by atoms with Crippen LogP contribution in [0.2, 0.25) is 0 Å². The molecule has 0 bridgehead atoms. The summed E-state index contributed by atoms with van der Waals surface area (Å²) in [5.41, 5.74) is -0.159. The van der Waals surface area contributed by atoms with Crippen molar-refractivity contribution in [1.82, 2.24) is 10.6 Å². The van der Waals surface area contributed by atoms with Crippen molar-refractivity contribution >= 4 is 5.97 Å². The summed E-state index contributed by atoms with van der Waals surface area (Å²) >= 11 is 0. The van der Waals surface area contributed by atoms with Crippen molar-refractivity contribution in [2.75, 3.05) is 19.6 Å². The molecule has 1 saturated heterocycles. The predicted molar refractivity (Wildman–Crippen MR) is 53.1 cm³/mol. The van der Waals surface area contributed by atoms with E-state index in [-0.39, 0.29) is 12.0 Å². The summed E-state index contributed by atoms with van der Waals surface area (Å²) in [6.07, 6.45) is 1.53. The molecular formula is C10H18N2O2. The highest BCUT2D eigenvalue weighted by atomic mass is 16.4. The highest BCUT2D eigenvalue weighted by Crippen LogP contribution is 2.37. The molecule has 0 spiro atoms. The summed E-state index contributed by atoms with van der Waals surface area (Å²) in [5.74, 6) is 0.904. The average molecular weight is 198 g/mol. The van der Waals surface area contributed by atoms with Crippen LogP contribution in [-0.2, 0) is 4.79 Å². The van der Waals surface area contributed by atoms with Crippen LogP contribution in [-0.4, -0.2) is 36.2 Å². The summed E-state index contributed by atoms with van der Waals surface area (Å²) < 4.78 is 0. The van der Waals surface area contributed by atoms with Gasteiger partial charge in [0, 0.05) is 13.1 Å². The van der Waals surface area contributed by atoms with Gasteiger partial charge in [0.25, 0.3) is 0 Å². The first-order chi connectivity index (χ1) is 6.61. The lowest BCUT2D eigenvalue weighted by Gasteiger charge is -2.42. The van der Waals surface area contributed by atoms with E-state index in [1.165, 1.54) is 6.42 Å². The number of hydrogen-bond donors (Lipinski definition) is 3. The van der Waals surface area contributed by atoms with E-state index >= 15 is 0 Å². The molecule has 14 heavy (non-hydrogen) atoms. The topological polar surface area (TPSA) is 61.4 Å². The van der Waals surface area contributed by atoms with E-state index in [4.69, 9.17) is 5.11 Å². The molecule has 2 atom stereocenters. The van der Waals surface area contributed by atoms with Gasteiger partial charge in [-0.3, -0.25) is 4.79 Å². The smallest absolute Gasteiger partial charge is 0.305 e. The lowest BCUT2D eigenvalue weighted by molar-refractivity contribution is -0.139. The fourth-order valence-corrected chi connectivity index (χ4v) is 2.06. The molecule has 0 amide bonds. The minimum atomic E-state index is -0.706. The van der Waals surface area contributed by atoms with Gasteiger partial charge in [-0.1, -0.05) is 6.92 Å². The Morgan fingerprint density at radius 1 is 1.64 bits per heavy atom. The molecule has 4 heteroatoms. The summed E-state index contributed by atoms with van der Waals surface area (Å²) in [5, 5.41) is 15.3. The summed E-state index contributed by atoms with van der Waals surface area (Å²) in [4.78, 5) is 10.7. The summed E-state index contributed by atoms with van der Waals surface area (Å²) in [6, 6.07) is 0. The van der Waals surface area contributed by atoms with Crippen LogP contribution in [0.5, 0.6) is 0 Å². The van der Waals surface area contributed by atoms with E-state index in [1.54, 1.807) is 0 Å². The Hall–Kier alpha value is -0.610. The SMILES string of the molecule is CC1CC1CNC1(CC(=O)O)CNC1. The van der Waals surface area contributed by atoms with Crippen molar-refractivity contribution < 1.29 is 9.90 Å². The Bertz CT molecular complexity index is 238. The minimum Gasteiger partial charge on any atom is -0.481 e. The van der Waals surface area contributed by atoms with Gasteiger partial charge >= 0.3 is 5.97 Å². The average Bonchev–Trinajstić information content (AvgIpc) is 2.72. The Morgan fingerprint density at radius 2 is 2.29 bits per heavy atom. The number of rotatable bonds is 5. The van der Waals surface area contributed by atoms with Crippen molar-refractivity contribution in [2.24, 2.45) is 11.8 Å². The van der Waals surface area contributed by atoms with Crippen LogP contribution in [0.25, 0.3) is 0 Å². The lowest BCUT2D eigenvalue weighted by atomic mass is 9.88. The minimum absolute atomic E-state index is 0.159. The quantitative estimate of drug-likeness (QED) is 0.584. The third-order valence-corrected chi connectivity index (χ3v) is 3.43. The molecule has 1 aliphatic carbocycles. The van der Waals surface area contributed by atoms with Gasteiger partial charge in [0.1, 0.15) is 0 Å². The van der Waals surface area contributed by atoms with Gasteiger partial charge in [-0.25, -0.2) is 0 Å². The highest BCUT2D eigenvalue weighted by molar-refractivity contribution is 5.68. The fraction of sp³-hybridized carbons (Fsp3) is 0.900. The molecular weight excluding hydrogens is 180 g/mol. The fourth-order valence-electron chi connectivity index (χ4n) is 2.06. The normalized spacial score (nSPS) is 33.5. The molecule has 2 aliphatic rings. The third-order valence-electron chi connectivity index (χ3n) is 3.43. The van der Waals surface area contributed by atoms with Crippen molar-refractivity contribution in [3.05, 3.63) is 0 Å². The van der Waals surface area contributed by atoms with Crippen LogP contribution in [0, 0.1) is 11.8 Å². The van der Waals surface area contributed by atoms with E-state index in [0.29, 0.717) is 0 Å². The van der Waals surface area contributed by atoms with Crippen LogP contribution in [0.3, 0.4) is 0 Å². The lowest BCUT2D eigenvalue weighted by Crippen LogP contribution is -2.68. The van der Waals surface area contributed by atoms with Gasteiger partial charge in [-0.05, 0) is 24.8 Å². The second-order valence-corrected chi connectivity index (χ2v) is 4.81. The molecule has 2 rings (SSSR count). The van der Waals surface area contributed by atoms with Crippen LogP contribution >= 0.6 is 0 Å². The number of carboxylic acid groups (broad SMARTS) is 1. The first-order valence-corrected chi connectivity index (χ1v) is 5.29. The van der Waals surface area contributed by atoms with Gasteiger partial charge in [0.05, 0.1) is 12.0 Å². The number of carboxylic acids is 1. The van der Waals surface area contributed by atoms with E-state index in [9.17, 15) is 4.79 Å². The van der Waals surface area contributed by atoms with Crippen molar-refractivity contribution in [3.63, 3.8) is 0 Å². The maximum absolute atomic E-state index is 10.7. The van der Waals surface area contributed by atoms with Gasteiger partial charge in [0.15, 0.2) is 0 Å². The molecule has 1 heterocycles. The van der Waals surface area contributed by atoms with Crippen LogP contribution in [0.15, 0.2) is 0 Å². The van der Waals surface area contributed by atoms with E-state index < -0.39 is 5.97 Å². The second kappa shape index (κ2) is 3.51. The molecule has 0 aromatic carbocycles. The molecule has 2 fully saturated rings. The standard InChI is InChI=1S/C10H18N2O2/c1-7-2-8(7)4-12-10(3-9(13)14)5-11-6-10/h7-8,11-12H,2-6H2,1H3,(H,13,14). The third kappa shape index (κ3) is 2.07. The molecule has 80 valence electrons. The molecule has 4 nitrogen and oxygen atoms in total. The number of carbonyl (C=O) groups is 1. The maximum Gasteiger partial charge on any atom is 0.305 e. The zero-order valence-corrected chi connectivity index (χ0v) is 8.55. The van der Waals surface area contributed by atoms with Gasteiger partial charge in [-0.15, -0.1) is 0 Å². The Kier molecular flexibility index (Phi) is 2.49. The van der Waals surface area contributed by atoms with E-state index in [1.807, 2.05) is 0 Å². The monoisotopic (exact) mass is 198 g/mol. The Balaban J connectivity index is 1.77. The first kappa shape index (κ1) is 9.93. The second-order valence-electron chi connectivity index (χ2n) is 4.81. The number of aliphatic carboxylic acids is 1. The van der Waals surface area contributed by atoms with Gasteiger partial charge in [-0.2, -0.15) is 0 Å². The molecule has 0 radical (unpaired) electrons. The summed E-state index contributed by atoms with van der Waals surface area (Å²) in [6.45, 7) is 4.81. The molecule has 0 aromatic rings. The Labute approximate surface area is 84.1 Å². The predicted octanol–water partition coefficient (Wildman–Crippen LogP) is 0.0487. The van der Waals surface area contributed by atoms with Crippen LogP contribution in [0.1, 0.15) is 19.8 Å². The van der Waals surface area contributed by atoms with E-state index in [2.05, 4.69) is 17.6 Å². The number of hydrogen-bond acceptors (Lipinski definition) is 3. The molecule has 1 saturated carbocycles. The van der Waals surface area contributed by atoms with Gasteiger partial charge in [0.2, 0.25) is 0 Å². The largest absolute Gasteiger partial charge is 0.481 e. The maximum atomic E-state index is 10.7. The first-order valence-electron chi connectivity index (χ1n) is 5.29.